The number of fused-ring (bicyclic) bond motifs is 1. The molecule has 110 valence electrons. The molecule has 0 saturated heterocycles. The smallest absolute Gasteiger partial charge is 0.328 e. The number of methoxy groups -OCH3 is 1. The highest BCUT2D eigenvalue weighted by Gasteiger charge is 2.42. The van der Waals surface area contributed by atoms with Gasteiger partial charge in [-0.15, -0.1) is 0 Å². The second kappa shape index (κ2) is 5.44. The molecule has 1 aromatic rings. The summed E-state index contributed by atoms with van der Waals surface area (Å²) in [7, 11) is 5.03. The van der Waals surface area contributed by atoms with Gasteiger partial charge in [-0.3, -0.25) is 4.79 Å². The molecule has 2 rings (SSSR count). The first-order chi connectivity index (χ1) is 9.92. The Balaban J connectivity index is 2.48. The van der Waals surface area contributed by atoms with Crippen molar-refractivity contribution < 1.29 is 14.3 Å². The van der Waals surface area contributed by atoms with Crippen molar-refractivity contribution in [2.75, 3.05) is 26.1 Å². The van der Waals surface area contributed by atoms with Crippen molar-refractivity contribution >= 4 is 17.6 Å². The first-order valence-corrected chi connectivity index (χ1v) is 6.53. The quantitative estimate of drug-likeness (QED) is 0.784. The molecule has 6 nitrogen and oxygen atoms in total. The number of ether oxygens (including phenoxy) is 1. The summed E-state index contributed by atoms with van der Waals surface area (Å²) in [6, 6.07) is 5.85. The maximum atomic E-state index is 12.5. The molecule has 0 radical (unpaired) electrons. The monoisotopic (exact) mass is 287 g/mol. The van der Waals surface area contributed by atoms with Gasteiger partial charge in [0.05, 0.1) is 13.2 Å². The molecule has 0 spiro atoms. The molecule has 2 unspecified atom stereocenters. The van der Waals surface area contributed by atoms with Gasteiger partial charge in [0.2, 0.25) is 0 Å². The first-order valence-electron chi connectivity index (χ1n) is 6.53. The van der Waals surface area contributed by atoms with E-state index in [9.17, 15) is 14.9 Å². The minimum Gasteiger partial charge on any atom is -0.467 e. The van der Waals surface area contributed by atoms with Gasteiger partial charge in [-0.2, -0.15) is 5.26 Å². The molecule has 0 aromatic heterocycles. The SMILES string of the molecule is COC(=O)C(C)N1C(=O)c2ccc(N(C)C)cc2C1C#N. The van der Waals surface area contributed by atoms with Crippen molar-refractivity contribution in [3.63, 3.8) is 0 Å². The Labute approximate surface area is 123 Å². The van der Waals surface area contributed by atoms with Gasteiger partial charge in [0.25, 0.3) is 5.91 Å². The fraction of sp³-hybridized carbons (Fsp3) is 0.400. The Kier molecular flexibility index (Phi) is 3.85. The Bertz CT molecular complexity index is 634. The summed E-state index contributed by atoms with van der Waals surface area (Å²) in [6.45, 7) is 1.56. The van der Waals surface area contributed by atoms with E-state index < -0.39 is 18.1 Å². The summed E-state index contributed by atoms with van der Waals surface area (Å²) < 4.78 is 4.68. The van der Waals surface area contributed by atoms with E-state index in [1.54, 1.807) is 13.0 Å². The Morgan fingerprint density at radius 1 is 1.48 bits per heavy atom. The van der Waals surface area contributed by atoms with Gasteiger partial charge in [0.15, 0.2) is 0 Å². The maximum absolute atomic E-state index is 12.5. The van der Waals surface area contributed by atoms with Gasteiger partial charge >= 0.3 is 5.97 Å². The van der Waals surface area contributed by atoms with Crippen LogP contribution in [0.5, 0.6) is 0 Å². The van der Waals surface area contributed by atoms with E-state index in [1.165, 1.54) is 12.0 Å². The molecule has 0 bridgehead atoms. The molecular weight excluding hydrogens is 270 g/mol. The number of amides is 1. The summed E-state index contributed by atoms with van der Waals surface area (Å²) in [5.41, 5.74) is 1.99. The molecular formula is C15H17N3O3. The Morgan fingerprint density at radius 3 is 2.67 bits per heavy atom. The zero-order valence-corrected chi connectivity index (χ0v) is 12.5. The van der Waals surface area contributed by atoms with Gasteiger partial charge < -0.3 is 14.5 Å². The van der Waals surface area contributed by atoms with Gasteiger partial charge in [-0.25, -0.2) is 4.79 Å². The second-order valence-corrected chi connectivity index (χ2v) is 5.11. The molecule has 2 atom stereocenters. The fourth-order valence-corrected chi connectivity index (χ4v) is 2.47. The molecule has 21 heavy (non-hydrogen) atoms. The number of anilines is 1. The third kappa shape index (κ3) is 2.31. The Morgan fingerprint density at radius 2 is 2.14 bits per heavy atom. The number of nitrogens with zero attached hydrogens (tertiary/aromatic N) is 3. The van der Waals surface area contributed by atoms with Gasteiger partial charge in [0, 0.05) is 30.9 Å². The van der Waals surface area contributed by atoms with Crippen LogP contribution in [0, 0.1) is 11.3 Å². The first kappa shape index (κ1) is 14.9. The average Bonchev–Trinajstić information content (AvgIpc) is 2.77. The maximum Gasteiger partial charge on any atom is 0.328 e. The van der Waals surface area contributed by atoms with Crippen LogP contribution in [0.3, 0.4) is 0 Å². The molecule has 0 fully saturated rings. The highest BCUT2D eigenvalue weighted by molar-refractivity contribution is 6.02. The third-order valence-corrected chi connectivity index (χ3v) is 3.67. The summed E-state index contributed by atoms with van der Waals surface area (Å²) in [6.07, 6.45) is 0. The van der Waals surface area contributed by atoms with Crippen molar-refractivity contribution in [3.8, 4) is 6.07 Å². The van der Waals surface area contributed by atoms with Crippen molar-refractivity contribution in [3.05, 3.63) is 29.3 Å². The molecule has 1 aliphatic rings. The molecule has 0 N–H and O–H groups in total. The fourth-order valence-electron chi connectivity index (χ4n) is 2.47. The highest BCUT2D eigenvalue weighted by Crippen LogP contribution is 2.36. The van der Waals surface area contributed by atoms with Crippen molar-refractivity contribution in [1.29, 1.82) is 5.26 Å². The lowest BCUT2D eigenvalue weighted by Gasteiger charge is -2.25. The number of benzene rings is 1. The predicted molar refractivity (Wildman–Crippen MR) is 76.8 cm³/mol. The molecule has 0 saturated carbocycles. The standard InChI is InChI=1S/C15H17N3O3/c1-9(15(20)21-4)18-13(8-16)12-7-10(17(2)3)5-6-11(12)14(18)19/h5-7,9,13H,1-4H3. The van der Waals surface area contributed by atoms with Gasteiger partial charge in [-0.05, 0) is 25.1 Å². The number of carbonyl (C=O) groups excluding carboxylic acids is 2. The van der Waals surface area contributed by atoms with Crippen molar-refractivity contribution in [2.45, 2.75) is 19.0 Å². The number of hydrogen-bond donors (Lipinski definition) is 0. The van der Waals surface area contributed by atoms with Gasteiger partial charge in [0.1, 0.15) is 12.1 Å². The molecule has 1 amide bonds. The lowest BCUT2D eigenvalue weighted by molar-refractivity contribution is -0.145. The summed E-state index contributed by atoms with van der Waals surface area (Å²) in [4.78, 5) is 27.3. The molecule has 1 aliphatic heterocycles. The summed E-state index contributed by atoms with van der Waals surface area (Å²) >= 11 is 0. The van der Waals surface area contributed by atoms with Crippen LogP contribution in [0.15, 0.2) is 18.2 Å². The highest BCUT2D eigenvalue weighted by atomic mass is 16.5. The van der Waals surface area contributed by atoms with Crippen LogP contribution in [-0.4, -0.2) is 44.0 Å². The molecule has 1 aromatic carbocycles. The number of carbonyl (C=O) groups is 2. The topological polar surface area (TPSA) is 73.6 Å². The lowest BCUT2D eigenvalue weighted by atomic mass is 10.0. The lowest BCUT2D eigenvalue weighted by Crippen LogP contribution is -2.41. The molecule has 1 heterocycles. The third-order valence-electron chi connectivity index (χ3n) is 3.67. The van der Waals surface area contributed by atoms with E-state index >= 15 is 0 Å². The number of esters is 1. The Hall–Kier alpha value is -2.55. The van der Waals surface area contributed by atoms with E-state index in [2.05, 4.69) is 10.8 Å². The molecule has 6 heteroatoms. The number of rotatable bonds is 3. The summed E-state index contributed by atoms with van der Waals surface area (Å²) in [5.74, 6) is -0.857. The summed E-state index contributed by atoms with van der Waals surface area (Å²) in [5, 5.41) is 9.42. The molecule has 0 aliphatic carbocycles. The van der Waals surface area contributed by atoms with E-state index in [-0.39, 0.29) is 5.91 Å². The van der Waals surface area contributed by atoms with Crippen molar-refractivity contribution in [2.24, 2.45) is 0 Å². The van der Waals surface area contributed by atoms with Crippen LogP contribution in [0.4, 0.5) is 5.69 Å². The minimum atomic E-state index is -0.803. The predicted octanol–water partition coefficient (Wildman–Crippen LogP) is 1.33. The normalized spacial score (nSPS) is 18.0. The van der Waals surface area contributed by atoms with Crippen LogP contribution in [0.2, 0.25) is 0 Å². The van der Waals surface area contributed by atoms with Crippen LogP contribution >= 0.6 is 0 Å². The van der Waals surface area contributed by atoms with Gasteiger partial charge in [-0.1, -0.05) is 0 Å². The van der Waals surface area contributed by atoms with Crippen LogP contribution < -0.4 is 4.90 Å². The van der Waals surface area contributed by atoms with E-state index in [0.717, 1.165) is 5.69 Å². The van der Waals surface area contributed by atoms with E-state index in [1.807, 2.05) is 31.1 Å². The van der Waals surface area contributed by atoms with Crippen LogP contribution in [0.1, 0.15) is 28.9 Å². The largest absolute Gasteiger partial charge is 0.467 e. The second-order valence-electron chi connectivity index (χ2n) is 5.11. The minimum absolute atomic E-state index is 0.320. The average molecular weight is 287 g/mol. The van der Waals surface area contributed by atoms with Crippen LogP contribution in [-0.2, 0) is 9.53 Å². The number of nitriles is 1. The zero-order valence-electron chi connectivity index (χ0n) is 12.5. The van der Waals surface area contributed by atoms with E-state index in [0.29, 0.717) is 11.1 Å². The van der Waals surface area contributed by atoms with E-state index in [4.69, 9.17) is 0 Å². The van der Waals surface area contributed by atoms with Crippen molar-refractivity contribution in [1.82, 2.24) is 4.90 Å². The number of hydrogen-bond acceptors (Lipinski definition) is 5. The zero-order chi connectivity index (χ0) is 15.7. The van der Waals surface area contributed by atoms with Crippen LogP contribution in [0.25, 0.3) is 0 Å².